The van der Waals surface area contributed by atoms with Crippen LogP contribution in [0.15, 0.2) is 21.7 Å². The first kappa shape index (κ1) is 15.9. The minimum Gasteiger partial charge on any atom is -0.384 e. The summed E-state index contributed by atoms with van der Waals surface area (Å²) in [6.45, 7) is 3.02. The molecule has 1 atom stereocenters. The summed E-state index contributed by atoms with van der Waals surface area (Å²) in [7, 11) is 1.66. The standard InChI is InChI=1S/C15H23N5O3/c1-22-11-5-13-17-14(23-18-13)12-4-2-3-7-19(12)9-10-20-8-6-16-15(20)21/h6,8,12H,2-5,7,9-11H2,1H3,(H,16,21)/t12-/m0/s1. The number of ether oxygens (including phenoxy) is 1. The van der Waals surface area contributed by atoms with Gasteiger partial charge >= 0.3 is 5.69 Å². The first-order valence-corrected chi connectivity index (χ1v) is 8.07. The molecule has 0 radical (unpaired) electrons. The van der Waals surface area contributed by atoms with Crippen LogP contribution in [0.4, 0.5) is 0 Å². The van der Waals surface area contributed by atoms with Gasteiger partial charge in [-0.15, -0.1) is 0 Å². The molecule has 1 saturated heterocycles. The van der Waals surface area contributed by atoms with Crippen LogP contribution in [-0.4, -0.2) is 51.4 Å². The summed E-state index contributed by atoms with van der Waals surface area (Å²) in [6.07, 6.45) is 7.41. The number of rotatable bonds is 7. The van der Waals surface area contributed by atoms with Gasteiger partial charge in [0.1, 0.15) is 0 Å². The maximum Gasteiger partial charge on any atom is 0.325 e. The van der Waals surface area contributed by atoms with E-state index in [2.05, 4.69) is 20.0 Å². The van der Waals surface area contributed by atoms with Gasteiger partial charge in [0, 0.05) is 39.0 Å². The Kier molecular flexibility index (Phi) is 5.24. The fourth-order valence-corrected chi connectivity index (χ4v) is 3.00. The summed E-state index contributed by atoms with van der Waals surface area (Å²) in [6, 6.07) is 0.141. The molecule has 0 spiro atoms. The number of H-pyrrole nitrogens is 1. The fourth-order valence-electron chi connectivity index (χ4n) is 3.00. The third-order valence-electron chi connectivity index (χ3n) is 4.26. The van der Waals surface area contributed by atoms with Gasteiger partial charge in [-0.1, -0.05) is 11.6 Å². The largest absolute Gasteiger partial charge is 0.384 e. The summed E-state index contributed by atoms with van der Waals surface area (Å²) < 4.78 is 12.2. The second-order valence-electron chi connectivity index (χ2n) is 5.80. The first-order valence-electron chi connectivity index (χ1n) is 8.07. The van der Waals surface area contributed by atoms with Crippen molar-refractivity contribution in [2.45, 2.75) is 38.3 Å². The van der Waals surface area contributed by atoms with Gasteiger partial charge in [-0.3, -0.25) is 9.47 Å². The lowest BCUT2D eigenvalue weighted by molar-refractivity contribution is 0.114. The van der Waals surface area contributed by atoms with Crippen LogP contribution in [0.1, 0.15) is 37.0 Å². The van der Waals surface area contributed by atoms with Crippen LogP contribution in [0.25, 0.3) is 0 Å². The summed E-state index contributed by atoms with van der Waals surface area (Å²) in [4.78, 5) is 21.1. The van der Waals surface area contributed by atoms with E-state index in [-0.39, 0.29) is 11.7 Å². The Bertz CT molecular complexity index is 662. The molecule has 2 aromatic heterocycles. The van der Waals surface area contributed by atoms with E-state index in [9.17, 15) is 4.79 Å². The SMILES string of the molecule is COCCc1noc([C@@H]2CCCCN2CCn2cc[nH]c2=O)n1. The maximum absolute atomic E-state index is 11.6. The molecule has 0 saturated carbocycles. The number of piperidine rings is 1. The summed E-state index contributed by atoms with van der Waals surface area (Å²) >= 11 is 0. The Morgan fingerprint density at radius 3 is 3.13 bits per heavy atom. The highest BCUT2D eigenvalue weighted by atomic mass is 16.5. The zero-order valence-electron chi connectivity index (χ0n) is 13.4. The number of methoxy groups -OCH3 is 1. The Hall–Kier alpha value is -1.93. The van der Waals surface area contributed by atoms with Crippen LogP contribution in [0.5, 0.6) is 0 Å². The molecule has 1 aliphatic heterocycles. The van der Waals surface area contributed by atoms with E-state index in [0.29, 0.717) is 31.3 Å². The average Bonchev–Trinajstić information content (AvgIpc) is 3.20. The highest BCUT2D eigenvalue weighted by molar-refractivity contribution is 4.96. The normalized spacial score (nSPS) is 19.3. The lowest BCUT2D eigenvalue weighted by Gasteiger charge is -2.33. The molecular formula is C15H23N5O3. The zero-order valence-corrected chi connectivity index (χ0v) is 13.4. The molecule has 0 aromatic carbocycles. The molecule has 126 valence electrons. The molecule has 8 heteroatoms. The maximum atomic E-state index is 11.6. The Balaban J connectivity index is 1.65. The molecule has 0 unspecified atom stereocenters. The Morgan fingerprint density at radius 2 is 2.35 bits per heavy atom. The number of likely N-dealkylation sites (tertiary alicyclic amines) is 1. The molecule has 8 nitrogen and oxygen atoms in total. The highest BCUT2D eigenvalue weighted by Crippen LogP contribution is 2.29. The van der Waals surface area contributed by atoms with Crippen molar-refractivity contribution in [3.05, 3.63) is 34.6 Å². The number of hydrogen-bond donors (Lipinski definition) is 1. The van der Waals surface area contributed by atoms with E-state index in [1.165, 1.54) is 0 Å². The Morgan fingerprint density at radius 1 is 1.43 bits per heavy atom. The van der Waals surface area contributed by atoms with Crippen LogP contribution in [0.2, 0.25) is 0 Å². The second-order valence-corrected chi connectivity index (χ2v) is 5.80. The van der Waals surface area contributed by atoms with E-state index in [0.717, 1.165) is 32.4 Å². The van der Waals surface area contributed by atoms with Crippen molar-refractivity contribution < 1.29 is 9.26 Å². The number of hydrogen-bond acceptors (Lipinski definition) is 6. The Labute approximate surface area is 134 Å². The van der Waals surface area contributed by atoms with Crippen LogP contribution < -0.4 is 5.69 Å². The molecule has 3 heterocycles. The number of aromatic amines is 1. The monoisotopic (exact) mass is 321 g/mol. The van der Waals surface area contributed by atoms with Crippen molar-refractivity contribution in [2.24, 2.45) is 0 Å². The van der Waals surface area contributed by atoms with Crippen LogP contribution >= 0.6 is 0 Å². The van der Waals surface area contributed by atoms with Crippen molar-refractivity contribution >= 4 is 0 Å². The summed E-state index contributed by atoms with van der Waals surface area (Å²) in [5.74, 6) is 1.37. The topological polar surface area (TPSA) is 89.2 Å². The molecular weight excluding hydrogens is 298 g/mol. The van der Waals surface area contributed by atoms with Crippen molar-refractivity contribution in [3.63, 3.8) is 0 Å². The first-order chi connectivity index (χ1) is 11.3. The summed E-state index contributed by atoms with van der Waals surface area (Å²) in [5.41, 5.74) is -0.0711. The van der Waals surface area contributed by atoms with Crippen LogP contribution in [0.3, 0.4) is 0 Å². The molecule has 23 heavy (non-hydrogen) atoms. The number of nitrogens with one attached hydrogen (secondary N) is 1. The van der Waals surface area contributed by atoms with Crippen molar-refractivity contribution in [1.29, 1.82) is 0 Å². The van der Waals surface area contributed by atoms with Gasteiger partial charge in [0.2, 0.25) is 5.89 Å². The molecule has 0 bridgehead atoms. The van der Waals surface area contributed by atoms with Crippen LogP contribution in [0, 0.1) is 0 Å². The van der Waals surface area contributed by atoms with E-state index in [1.54, 1.807) is 24.1 Å². The van der Waals surface area contributed by atoms with Gasteiger partial charge in [-0.05, 0) is 19.4 Å². The summed E-state index contributed by atoms with van der Waals surface area (Å²) in [5, 5.41) is 4.03. The lowest BCUT2D eigenvalue weighted by Crippen LogP contribution is -2.37. The van der Waals surface area contributed by atoms with E-state index >= 15 is 0 Å². The fraction of sp³-hybridized carbons (Fsp3) is 0.667. The number of aromatic nitrogens is 4. The molecule has 3 rings (SSSR count). The van der Waals surface area contributed by atoms with E-state index in [4.69, 9.17) is 9.26 Å². The van der Waals surface area contributed by atoms with Crippen LogP contribution in [-0.2, 0) is 17.7 Å². The van der Waals surface area contributed by atoms with E-state index in [1.807, 2.05) is 0 Å². The third kappa shape index (κ3) is 3.89. The smallest absolute Gasteiger partial charge is 0.325 e. The zero-order chi connectivity index (χ0) is 16.1. The van der Waals surface area contributed by atoms with Gasteiger partial charge in [-0.25, -0.2) is 4.79 Å². The van der Waals surface area contributed by atoms with Gasteiger partial charge < -0.3 is 14.2 Å². The predicted molar refractivity (Wildman–Crippen MR) is 83.1 cm³/mol. The molecule has 1 N–H and O–H groups in total. The van der Waals surface area contributed by atoms with Crippen molar-refractivity contribution in [2.75, 3.05) is 26.8 Å². The molecule has 2 aromatic rings. The minimum absolute atomic E-state index is 0.0711. The average molecular weight is 321 g/mol. The van der Waals surface area contributed by atoms with Gasteiger partial charge in [0.25, 0.3) is 0 Å². The molecule has 1 aliphatic rings. The molecule has 0 amide bonds. The predicted octanol–water partition coefficient (Wildman–Crippen LogP) is 0.976. The van der Waals surface area contributed by atoms with Crippen molar-refractivity contribution in [1.82, 2.24) is 24.6 Å². The number of imidazole rings is 1. The molecule has 1 fully saturated rings. The van der Waals surface area contributed by atoms with Gasteiger partial charge in [-0.2, -0.15) is 4.98 Å². The van der Waals surface area contributed by atoms with Gasteiger partial charge in [0.15, 0.2) is 5.82 Å². The molecule has 0 aliphatic carbocycles. The number of nitrogens with zero attached hydrogens (tertiary/aromatic N) is 4. The second kappa shape index (κ2) is 7.56. The van der Waals surface area contributed by atoms with Crippen molar-refractivity contribution in [3.8, 4) is 0 Å². The van der Waals surface area contributed by atoms with Gasteiger partial charge in [0.05, 0.1) is 12.6 Å². The lowest BCUT2D eigenvalue weighted by atomic mass is 10.0. The highest BCUT2D eigenvalue weighted by Gasteiger charge is 2.28. The third-order valence-corrected chi connectivity index (χ3v) is 4.26. The van der Waals surface area contributed by atoms with E-state index < -0.39 is 0 Å². The minimum atomic E-state index is -0.0711. The quantitative estimate of drug-likeness (QED) is 0.817.